The van der Waals surface area contributed by atoms with E-state index in [4.69, 9.17) is 19.8 Å². The number of benzene rings is 3. The van der Waals surface area contributed by atoms with Crippen molar-refractivity contribution in [1.82, 2.24) is 14.8 Å². The highest BCUT2D eigenvalue weighted by atomic mass is 16.5. The van der Waals surface area contributed by atoms with E-state index >= 15 is 0 Å². The minimum atomic E-state index is -1.28. The Morgan fingerprint density at radius 3 is 2.52 bits per heavy atom. The predicted molar refractivity (Wildman–Crippen MR) is 152 cm³/mol. The third kappa shape index (κ3) is 5.76. The second-order valence-electron chi connectivity index (χ2n) is 9.00. The summed E-state index contributed by atoms with van der Waals surface area (Å²) in [5.41, 5.74) is 3.60. The lowest BCUT2D eigenvalue weighted by atomic mass is 10.1. The number of aliphatic carboxylic acids is 1. The molecule has 0 aliphatic carbocycles. The molecule has 5 aromatic rings. The minimum absolute atomic E-state index is 0.357. The van der Waals surface area contributed by atoms with Crippen LogP contribution in [0.3, 0.4) is 0 Å². The molecule has 0 saturated heterocycles. The Morgan fingerprint density at radius 2 is 1.82 bits per heavy atom. The first-order chi connectivity index (χ1) is 19.4. The van der Waals surface area contributed by atoms with Crippen LogP contribution < -0.4 is 14.8 Å². The van der Waals surface area contributed by atoms with Crippen LogP contribution in [0.1, 0.15) is 16.7 Å². The molecule has 2 heterocycles. The van der Waals surface area contributed by atoms with Crippen molar-refractivity contribution in [3.05, 3.63) is 107 Å². The Bertz CT molecular complexity index is 1750. The van der Waals surface area contributed by atoms with Crippen molar-refractivity contribution < 1.29 is 19.4 Å². The van der Waals surface area contributed by atoms with Gasteiger partial charge in [0.05, 0.1) is 13.7 Å². The van der Waals surface area contributed by atoms with Crippen LogP contribution in [0.25, 0.3) is 17.1 Å². The number of aromatic nitrogens is 3. The van der Waals surface area contributed by atoms with Crippen molar-refractivity contribution >= 4 is 34.6 Å². The molecule has 0 unspecified atom stereocenters. The van der Waals surface area contributed by atoms with Crippen molar-refractivity contribution in [3.8, 4) is 23.3 Å². The monoisotopic (exact) mass is 531 g/mol. The van der Waals surface area contributed by atoms with Crippen molar-refractivity contribution in [3.63, 3.8) is 0 Å². The fraction of sp³-hybridized carbons (Fsp3) is 0.0968. The van der Waals surface area contributed by atoms with E-state index in [2.05, 4.69) is 10.3 Å². The smallest absolute Gasteiger partial charge is 0.346 e. The molecule has 0 aliphatic rings. The van der Waals surface area contributed by atoms with Gasteiger partial charge in [-0.15, -0.1) is 0 Å². The summed E-state index contributed by atoms with van der Waals surface area (Å²) in [5.74, 6) is 1.24. The number of hydrogen-bond donors (Lipinski definition) is 2. The molecule has 2 N–H and O–H groups in total. The normalized spacial score (nSPS) is 11.2. The van der Waals surface area contributed by atoms with E-state index in [1.165, 1.54) is 6.08 Å². The van der Waals surface area contributed by atoms with E-state index in [1.807, 2.05) is 61.5 Å². The topological polar surface area (TPSA) is 122 Å². The number of carboxylic acids is 1. The molecule has 0 atom stereocenters. The van der Waals surface area contributed by atoms with Crippen LogP contribution in [0.5, 0.6) is 17.2 Å². The third-order valence-electron chi connectivity index (χ3n) is 6.15. The average Bonchev–Trinajstić information content (AvgIpc) is 3.30. The van der Waals surface area contributed by atoms with Crippen molar-refractivity contribution in [2.75, 3.05) is 12.4 Å². The molecule has 0 saturated carbocycles. The van der Waals surface area contributed by atoms with Crippen molar-refractivity contribution in [2.24, 2.45) is 0 Å². The molecule has 0 radical (unpaired) electrons. The molecule has 40 heavy (non-hydrogen) atoms. The van der Waals surface area contributed by atoms with E-state index in [-0.39, 0.29) is 5.57 Å². The number of methoxy groups -OCH3 is 1. The lowest BCUT2D eigenvalue weighted by Gasteiger charge is -2.09. The number of anilines is 2. The highest BCUT2D eigenvalue weighted by molar-refractivity contribution is 5.97. The first kappa shape index (κ1) is 26.0. The number of aryl methyl sites for hydroxylation is 1. The number of nitriles is 1. The number of nitrogens with one attached hydrogen (secondary N) is 1. The van der Waals surface area contributed by atoms with Gasteiger partial charge in [-0.25, -0.2) is 14.5 Å². The quantitative estimate of drug-likeness (QED) is 0.167. The second-order valence-corrected chi connectivity index (χ2v) is 9.00. The minimum Gasteiger partial charge on any atom is -0.497 e. The Labute approximate surface area is 230 Å². The highest BCUT2D eigenvalue weighted by Crippen LogP contribution is 2.36. The van der Waals surface area contributed by atoms with E-state index in [1.54, 1.807) is 48.3 Å². The average molecular weight is 532 g/mol. The Hall–Kier alpha value is -5.62. The third-order valence-corrected chi connectivity index (χ3v) is 6.15. The SMILES string of the molecule is COc1ccc(Cn2nc(Nc3cccc(/C=C(\C#N)C(=O)O)c3)c3c(Oc4ccc(C)cc4)ccnc32)cc1. The van der Waals surface area contributed by atoms with Gasteiger partial charge >= 0.3 is 5.97 Å². The fourth-order valence-corrected chi connectivity index (χ4v) is 4.14. The summed E-state index contributed by atoms with van der Waals surface area (Å²) in [7, 11) is 1.63. The number of pyridine rings is 1. The van der Waals surface area contributed by atoms with Gasteiger partial charge in [-0.2, -0.15) is 10.4 Å². The van der Waals surface area contributed by atoms with Crippen LogP contribution in [0.15, 0.2) is 90.6 Å². The second kappa shape index (κ2) is 11.4. The maximum Gasteiger partial charge on any atom is 0.346 e. The lowest BCUT2D eigenvalue weighted by Crippen LogP contribution is -2.03. The molecule has 198 valence electrons. The van der Waals surface area contributed by atoms with Gasteiger partial charge in [-0.3, -0.25) is 0 Å². The van der Waals surface area contributed by atoms with Crippen LogP contribution in [-0.2, 0) is 11.3 Å². The number of rotatable bonds is 9. The van der Waals surface area contributed by atoms with E-state index in [0.29, 0.717) is 46.1 Å². The molecule has 2 aromatic heterocycles. The lowest BCUT2D eigenvalue weighted by molar-refractivity contribution is -0.132. The van der Waals surface area contributed by atoms with E-state index < -0.39 is 5.97 Å². The maximum absolute atomic E-state index is 11.3. The van der Waals surface area contributed by atoms with Gasteiger partial charge in [0, 0.05) is 18.0 Å². The zero-order valence-electron chi connectivity index (χ0n) is 21.8. The zero-order chi connectivity index (χ0) is 28.1. The molecule has 0 amide bonds. The highest BCUT2D eigenvalue weighted by Gasteiger charge is 2.18. The predicted octanol–water partition coefficient (Wildman–Crippen LogP) is 6.32. The number of carbonyl (C=O) groups is 1. The summed E-state index contributed by atoms with van der Waals surface area (Å²) in [6.45, 7) is 2.47. The zero-order valence-corrected chi connectivity index (χ0v) is 21.8. The summed E-state index contributed by atoms with van der Waals surface area (Å²) in [6, 6.07) is 26.0. The fourth-order valence-electron chi connectivity index (χ4n) is 4.14. The molecule has 9 heteroatoms. The largest absolute Gasteiger partial charge is 0.497 e. The van der Waals surface area contributed by atoms with Crippen LogP contribution >= 0.6 is 0 Å². The Morgan fingerprint density at radius 1 is 1.07 bits per heavy atom. The molecule has 5 rings (SSSR count). The van der Waals surface area contributed by atoms with Crippen LogP contribution in [0.2, 0.25) is 0 Å². The molecular formula is C31H25N5O4. The van der Waals surface area contributed by atoms with E-state index in [0.717, 1.165) is 16.9 Å². The van der Waals surface area contributed by atoms with Gasteiger partial charge in [0.1, 0.15) is 34.3 Å². The van der Waals surface area contributed by atoms with Gasteiger partial charge in [0.2, 0.25) is 0 Å². The summed E-state index contributed by atoms with van der Waals surface area (Å²) < 4.78 is 13.3. The Kier molecular flexibility index (Phi) is 7.42. The summed E-state index contributed by atoms with van der Waals surface area (Å²) in [5, 5.41) is 27.2. The van der Waals surface area contributed by atoms with Crippen LogP contribution in [0.4, 0.5) is 11.5 Å². The van der Waals surface area contributed by atoms with Gasteiger partial charge in [0.25, 0.3) is 0 Å². The summed E-state index contributed by atoms with van der Waals surface area (Å²) in [4.78, 5) is 15.9. The summed E-state index contributed by atoms with van der Waals surface area (Å²) in [6.07, 6.45) is 3.00. The standard InChI is InChI=1S/C31H25N5O4/c1-20-6-10-26(11-7-20)40-27-14-15-33-30-28(27)29(35-36(30)19-21-8-12-25(39-2)13-9-21)34-24-5-3-4-22(17-24)16-23(18-32)31(37)38/h3-17H,19H2,1-2H3,(H,34,35)(H,37,38)/b23-16+. The van der Waals surface area contributed by atoms with Crippen molar-refractivity contribution in [2.45, 2.75) is 13.5 Å². The first-order valence-electron chi connectivity index (χ1n) is 12.4. The molecule has 0 spiro atoms. The number of nitrogens with zero attached hydrogens (tertiary/aromatic N) is 4. The molecule has 0 fully saturated rings. The van der Waals surface area contributed by atoms with Gasteiger partial charge in [-0.05, 0) is 60.5 Å². The first-order valence-corrected chi connectivity index (χ1v) is 12.4. The van der Waals surface area contributed by atoms with Crippen molar-refractivity contribution in [1.29, 1.82) is 5.26 Å². The maximum atomic E-state index is 11.3. The number of hydrogen-bond acceptors (Lipinski definition) is 7. The Balaban J connectivity index is 1.57. The van der Waals surface area contributed by atoms with Gasteiger partial charge in [0.15, 0.2) is 11.5 Å². The number of ether oxygens (including phenoxy) is 2. The number of carboxylic acid groups (broad SMARTS) is 1. The molecule has 3 aromatic carbocycles. The molecular weight excluding hydrogens is 506 g/mol. The van der Waals surface area contributed by atoms with Crippen LogP contribution in [-0.4, -0.2) is 33.0 Å². The van der Waals surface area contributed by atoms with E-state index in [9.17, 15) is 9.90 Å². The molecule has 0 aliphatic heterocycles. The van der Waals surface area contributed by atoms with Gasteiger partial charge < -0.3 is 19.9 Å². The number of fused-ring (bicyclic) bond motifs is 1. The molecule has 9 nitrogen and oxygen atoms in total. The van der Waals surface area contributed by atoms with Crippen LogP contribution in [0, 0.1) is 18.3 Å². The molecule has 0 bridgehead atoms. The van der Waals surface area contributed by atoms with Gasteiger partial charge in [-0.1, -0.05) is 42.0 Å². The summed E-state index contributed by atoms with van der Waals surface area (Å²) >= 11 is 0.